The zero-order valence-corrected chi connectivity index (χ0v) is 11.7. The molecule has 2 rings (SSSR count). The first-order chi connectivity index (χ1) is 8.61. The van der Waals surface area contributed by atoms with Gasteiger partial charge in [0.25, 0.3) is 0 Å². The second-order valence-electron chi connectivity index (χ2n) is 4.31. The van der Waals surface area contributed by atoms with E-state index in [1.54, 1.807) is 12.1 Å². The van der Waals surface area contributed by atoms with Gasteiger partial charge in [0.15, 0.2) is 5.78 Å². The minimum Gasteiger partial charge on any atom is -0.394 e. The minimum atomic E-state index is -0.210. The number of carbonyl (C=O) groups is 1. The lowest BCUT2D eigenvalue weighted by atomic mass is 10.1. The Bertz CT molecular complexity index is 423. The Morgan fingerprint density at radius 2 is 2.50 bits per heavy atom. The van der Waals surface area contributed by atoms with Crippen LogP contribution in [0.3, 0.4) is 0 Å². The minimum absolute atomic E-state index is 0.0117. The topological polar surface area (TPSA) is 49.8 Å². The summed E-state index contributed by atoms with van der Waals surface area (Å²) >= 11 is 7.14. The molecule has 4 nitrogen and oxygen atoms in total. The number of aliphatic hydroxyl groups is 1. The van der Waals surface area contributed by atoms with Crippen LogP contribution in [0.4, 0.5) is 0 Å². The van der Waals surface area contributed by atoms with Crippen LogP contribution in [-0.2, 0) is 4.74 Å². The largest absolute Gasteiger partial charge is 0.394 e. The smallest absolute Gasteiger partial charge is 0.189 e. The lowest BCUT2D eigenvalue weighted by Gasteiger charge is -2.35. The predicted octanol–water partition coefficient (Wildman–Crippen LogP) is 1.67. The molecule has 0 radical (unpaired) electrons. The van der Waals surface area contributed by atoms with Gasteiger partial charge >= 0.3 is 0 Å². The molecule has 1 aliphatic heterocycles. The van der Waals surface area contributed by atoms with Crippen LogP contribution in [0.2, 0.25) is 4.34 Å². The maximum atomic E-state index is 12.3. The predicted molar refractivity (Wildman–Crippen MR) is 71.5 cm³/mol. The lowest BCUT2D eigenvalue weighted by molar-refractivity contribution is -0.0592. The van der Waals surface area contributed by atoms with E-state index >= 15 is 0 Å². The van der Waals surface area contributed by atoms with Gasteiger partial charge in [-0.3, -0.25) is 9.69 Å². The summed E-state index contributed by atoms with van der Waals surface area (Å²) in [6.07, 6.45) is -0.194. The molecule has 1 N–H and O–H groups in total. The quantitative estimate of drug-likeness (QED) is 0.857. The molecule has 1 fully saturated rings. The summed E-state index contributed by atoms with van der Waals surface area (Å²) in [4.78, 5) is 15.0. The van der Waals surface area contributed by atoms with Gasteiger partial charge in [-0.15, -0.1) is 11.3 Å². The highest BCUT2D eigenvalue weighted by Gasteiger charge is 2.28. The van der Waals surface area contributed by atoms with Crippen molar-refractivity contribution >= 4 is 28.7 Å². The number of nitrogens with zero attached hydrogens (tertiary/aromatic N) is 1. The third kappa shape index (κ3) is 3.10. The summed E-state index contributed by atoms with van der Waals surface area (Å²) in [5, 5.41) is 9.10. The van der Waals surface area contributed by atoms with Crippen molar-refractivity contribution in [2.45, 2.75) is 19.1 Å². The number of ketones is 1. The number of hydrogen-bond donors (Lipinski definition) is 1. The fourth-order valence-electron chi connectivity index (χ4n) is 2.02. The number of aliphatic hydroxyl groups excluding tert-OH is 1. The van der Waals surface area contributed by atoms with Crippen molar-refractivity contribution in [3.05, 3.63) is 21.3 Å². The highest BCUT2D eigenvalue weighted by Crippen LogP contribution is 2.24. The highest BCUT2D eigenvalue weighted by molar-refractivity contribution is 7.18. The number of morpholine rings is 1. The van der Waals surface area contributed by atoms with E-state index in [9.17, 15) is 4.79 Å². The van der Waals surface area contributed by atoms with Crippen molar-refractivity contribution in [2.24, 2.45) is 0 Å². The van der Waals surface area contributed by atoms with Crippen LogP contribution in [-0.4, -0.2) is 54.2 Å². The van der Waals surface area contributed by atoms with E-state index in [4.69, 9.17) is 21.4 Å². The monoisotopic (exact) mass is 289 g/mol. The molecule has 0 spiro atoms. The third-order valence-electron chi connectivity index (χ3n) is 3.12. The molecule has 0 aromatic carbocycles. The molecule has 0 saturated carbocycles. The van der Waals surface area contributed by atoms with Crippen molar-refractivity contribution in [1.82, 2.24) is 4.90 Å². The lowest BCUT2D eigenvalue weighted by Crippen LogP contribution is -2.50. The van der Waals surface area contributed by atoms with Crippen LogP contribution in [0.25, 0.3) is 0 Å². The molecule has 1 aliphatic rings. The fourth-order valence-corrected chi connectivity index (χ4v) is 3.09. The van der Waals surface area contributed by atoms with Gasteiger partial charge in [-0.1, -0.05) is 11.6 Å². The van der Waals surface area contributed by atoms with E-state index in [2.05, 4.69) is 0 Å². The SMILES string of the molecule is CC(C(=O)c1ccc(Cl)s1)N1CCOC(CO)C1. The number of Topliss-reactive ketones (excluding diaryl/α,β-unsaturated/α-hetero) is 1. The van der Waals surface area contributed by atoms with Gasteiger partial charge < -0.3 is 9.84 Å². The molecule has 1 saturated heterocycles. The second kappa shape index (κ2) is 6.12. The number of carbonyl (C=O) groups excluding carboxylic acids is 1. The van der Waals surface area contributed by atoms with Gasteiger partial charge in [0.05, 0.1) is 34.6 Å². The standard InChI is InChI=1S/C12H16ClNO3S/c1-8(12(16)10-2-3-11(13)18-10)14-4-5-17-9(6-14)7-15/h2-3,8-9,15H,4-7H2,1H3. The maximum Gasteiger partial charge on any atom is 0.189 e. The number of thiophene rings is 1. The number of rotatable bonds is 4. The van der Waals surface area contributed by atoms with Crippen LogP contribution in [0, 0.1) is 0 Å². The van der Waals surface area contributed by atoms with Crippen LogP contribution >= 0.6 is 22.9 Å². The molecule has 2 heterocycles. The maximum absolute atomic E-state index is 12.3. The van der Waals surface area contributed by atoms with E-state index in [1.807, 2.05) is 11.8 Å². The molecule has 2 atom stereocenters. The van der Waals surface area contributed by atoms with Crippen LogP contribution in [0.5, 0.6) is 0 Å². The van der Waals surface area contributed by atoms with Gasteiger partial charge in [0, 0.05) is 13.1 Å². The molecule has 100 valence electrons. The molecule has 1 aromatic heterocycles. The van der Waals surface area contributed by atoms with Crippen molar-refractivity contribution in [3.8, 4) is 0 Å². The Kier molecular flexibility index (Phi) is 4.75. The highest BCUT2D eigenvalue weighted by atomic mass is 35.5. The zero-order valence-electron chi connectivity index (χ0n) is 10.1. The summed E-state index contributed by atoms with van der Waals surface area (Å²) < 4.78 is 6.00. The number of ether oxygens (including phenoxy) is 1. The van der Waals surface area contributed by atoms with E-state index in [0.29, 0.717) is 28.9 Å². The van der Waals surface area contributed by atoms with E-state index < -0.39 is 0 Å². The fraction of sp³-hybridized carbons (Fsp3) is 0.583. The average Bonchev–Trinajstić information content (AvgIpc) is 2.83. The summed E-state index contributed by atoms with van der Waals surface area (Å²) in [6, 6.07) is 3.29. The molecule has 0 bridgehead atoms. The summed E-state index contributed by atoms with van der Waals surface area (Å²) in [7, 11) is 0. The van der Waals surface area contributed by atoms with Gasteiger partial charge in [-0.2, -0.15) is 0 Å². The van der Waals surface area contributed by atoms with Crippen LogP contribution < -0.4 is 0 Å². The molecule has 0 aliphatic carbocycles. The zero-order chi connectivity index (χ0) is 13.1. The molecule has 0 amide bonds. The Hall–Kier alpha value is -0.460. The van der Waals surface area contributed by atoms with Crippen LogP contribution in [0.15, 0.2) is 12.1 Å². The Morgan fingerprint density at radius 1 is 1.72 bits per heavy atom. The summed E-state index contributed by atoms with van der Waals surface area (Å²) in [6.45, 7) is 3.72. The summed E-state index contributed by atoms with van der Waals surface area (Å²) in [5.74, 6) is 0.0745. The molecular weight excluding hydrogens is 274 g/mol. The van der Waals surface area contributed by atoms with E-state index in [-0.39, 0.29) is 24.5 Å². The molecule has 6 heteroatoms. The van der Waals surface area contributed by atoms with Crippen molar-refractivity contribution in [2.75, 3.05) is 26.3 Å². The first kappa shape index (κ1) is 14.0. The normalized spacial score (nSPS) is 22.9. The average molecular weight is 290 g/mol. The van der Waals surface area contributed by atoms with E-state index in [0.717, 1.165) is 0 Å². The Labute approximate surface area is 115 Å². The molecule has 2 unspecified atom stereocenters. The van der Waals surface area contributed by atoms with Crippen molar-refractivity contribution < 1.29 is 14.6 Å². The van der Waals surface area contributed by atoms with Gasteiger partial charge in [-0.25, -0.2) is 0 Å². The molecule has 18 heavy (non-hydrogen) atoms. The first-order valence-electron chi connectivity index (χ1n) is 5.88. The van der Waals surface area contributed by atoms with E-state index in [1.165, 1.54) is 11.3 Å². The Balaban J connectivity index is 2.02. The molecule has 1 aromatic rings. The van der Waals surface area contributed by atoms with Crippen LogP contribution in [0.1, 0.15) is 16.6 Å². The first-order valence-corrected chi connectivity index (χ1v) is 7.07. The molecular formula is C12H16ClNO3S. The van der Waals surface area contributed by atoms with Gasteiger partial charge in [0.1, 0.15) is 0 Å². The third-order valence-corrected chi connectivity index (χ3v) is 4.36. The number of hydrogen-bond acceptors (Lipinski definition) is 5. The second-order valence-corrected chi connectivity index (χ2v) is 6.03. The van der Waals surface area contributed by atoms with Gasteiger partial charge in [0.2, 0.25) is 0 Å². The van der Waals surface area contributed by atoms with Crippen molar-refractivity contribution in [1.29, 1.82) is 0 Å². The number of halogens is 1. The van der Waals surface area contributed by atoms with Crippen molar-refractivity contribution in [3.63, 3.8) is 0 Å². The van der Waals surface area contributed by atoms with Gasteiger partial charge in [-0.05, 0) is 19.1 Å². The summed E-state index contributed by atoms with van der Waals surface area (Å²) in [5.41, 5.74) is 0. The Morgan fingerprint density at radius 3 is 3.11 bits per heavy atom.